The maximum absolute atomic E-state index is 13.2. The largest absolute Gasteiger partial charge is 0.360 e. The smallest absolute Gasteiger partial charge is 0.265 e. The lowest BCUT2D eigenvalue weighted by Crippen LogP contribution is -2.37. The zero-order valence-electron chi connectivity index (χ0n) is 17.7. The molecule has 2 aromatic heterocycles. The standard InChI is InChI=1S/C21H24N4O4S2/c1-14-18(30-20(22-14)17-8-5-4-6-9-17)21(26)24-10-7-11-25(13-12-24)31(27,28)19-15(2)23-29-16(19)3/h4-6,8-9H,7,10-13H2,1-3H3. The Labute approximate surface area is 185 Å². The van der Waals surface area contributed by atoms with Crippen molar-refractivity contribution >= 4 is 27.3 Å². The Morgan fingerprint density at radius 1 is 1.03 bits per heavy atom. The molecule has 0 aliphatic carbocycles. The number of aryl methyl sites for hydroxylation is 3. The summed E-state index contributed by atoms with van der Waals surface area (Å²) in [5.41, 5.74) is 2.02. The van der Waals surface area contributed by atoms with Crippen LogP contribution in [0.5, 0.6) is 0 Å². The van der Waals surface area contributed by atoms with Gasteiger partial charge in [0.25, 0.3) is 5.91 Å². The number of benzene rings is 1. The summed E-state index contributed by atoms with van der Waals surface area (Å²) in [5.74, 6) is 0.178. The van der Waals surface area contributed by atoms with Crippen LogP contribution >= 0.6 is 11.3 Å². The molecule has 1 fully saturated rings. The van der Waals surface area contributed by atoms with Crippen molar-refractivity contribution in [3.8, 4) is 10.6 Å². The molecule has 4 rings (SSSR count). The Morgan fingerprint density at radius 3 is 2.45 bits per heavy atom. The maximum Gasteiger partial charge on any atom is 0.265 e. The summed E-state index contributed by atoms with van der Waals surface area (Å²) < 4.78 is 32.7. The summed E-state index contributed by atoms with van der Waals surface area (Å²) in [6, 6.07) is 9.76. The highest BCUT2D eigenvalue weighted by atomic mass is 32.2. The number of rotatable bonds is 4. The highest BCUT2D eigenvalue weighted by Crippen LogP contribution is 2.29. The SMILES string of the molecule is Cc1nc(-c2ccccc2)sc1C(=O)N1CCCN(S(=O)(=O)c2c(C)noc2C)CC1. The van der Waals surface area contributed by atoms with Crippen molar-refractivity contribution in [3.63, 3.8) is 0 Å². The van der Waals surface area contributed by atoms with Gasteiger partial charge in [-0.1, -0.05) is 35.5 Å². The monoisotopic (exact) mass is 460 g/mol. The van der Waals surface area contributed by atoms with Crippen LogP contribution in [0, 0.1) is 20.8 Å². The number of hydrogen-bond donors (Lipinski definition) is 0. The summed E-state index contributed by atoms with van der Waals surface area (Å²) in [6.45, 7) is 6.42. The third-order valence-corrected chi connectivity index (χ3v) is 8.66. The minimum absolute atomic E-state index is 0.103. The highest BCUT2D eigenvalue weighted by Gasteiger charge is 2.33. The average molecular weight is 461 g/mol. The normalized spacial score (nSPS) is 15.8. The number of carbonyl (C=O) groups excluding carboxylic acids is 1. The number of hydrogen-bond acceptors (Lipinski definition) is 7. The fourth-order valence-corrected chi connectivity index (χ4v) is 6.55. The molecule has 164 valence electrons. The van der Waals surface area contributed by atoms with Gasteiger partial charge in [0.05, 0.1) is 5.69 Å². The van der Waals surface area contributed by atoms with Gasteiger partial charge in [-0.2, -0.15) is 4.31 Å². The molecular formula is C21H24N4O4S2. The minimum Gasteiger partial charge on any atom is -0.360 e. The van der Waals surface area contributed by atoms with Crippen LogP contribution < -0.4 is 0 Å². The molecule has 0 bridgehead atoms. The van der Waals surface area contributed by atoms with Gasteiger partial charge in [0.15, 0.2) is 5.76 Å². The number of carbonyl (C=O) groups is 1. The molecule has 1 saturated heterocycles. The van der Waals surface area contributed by atoms with Crippen LogP contribution in [0.4, 0.5) is 0 Å². The first-order chi connectivity index (χ1) is 14.8. The molecule has 8 nitrogen and oxygen atoms in total. The molecule has 3 aromatic rings. The Bertz CT molecular complexity index is 1180. The summed E-state index contributed by atoms with van der Waals surface area (Å²) in [7, 11) is -3.73. The van der Waals surface area contributed by atoms with Gasteiger partial charge in [-0.15, -0.1) is 11.3 Å². The predicted octanol–water partition coefficient (Wildman–Crippen LogP) is 3.26. The van der Waals surface area contributed by atoms with Crippen LogP contribution in [0.2, 0.25) is 0 Å². The van der Waals surface area contributed by atoms with E-state index in [-0.39, 0.29) is 23.1 Å². The van der Waals surface area contributed by atoms with Gasteiger partial charge in [-0.05, 0) is 27.2 Å². The molecule has 1 aromatic carbocycles. The van der Waals surface area contributed by atoms with E-state index in [0.29, 0.717) is 42.3 Å². The Kier molecular flexibility index (Phi) is 5.96. The van der Waals surface area contributed by atoms with Gasteiger partial charge < -0.3 is 9.42 Å². The molecule has 0 unspecified atom stereocenters. The van der Waals surface area contributed by atoms with Crippen molar-refractivity contribution in [1.82, 2.24) is 19.3 Å². The van der Waals surface area contributed by atoms with E-state index in [1.54, 1.807) is 18.7 Å². The van der Waals surface area contributed by atoms with Gasteiger partial charge in [-0.3, -0.25) is 4.79 Å². The van der Waals surface area contributed by atoms with Crippen LogP contribution in [0.15, 0.2) is 39.8 Å². The number of aromatic nitrogens is 2. The molecule has 0 N–H and O–H groups in total. The van der Waals surface area contributed by atoms with Crippen molar-refractivity contribution in [2.24, 2.45) is 0 Å². The molecule has 1 aliphatic rings. The molecule has 0 saturated carbocycles. The minimum atomic E-state index is -3.73. The quantitative estimate of drug-likeness (QED) is 0.593. The lowest BCUT2D eigenvalue weighted by Gasteiger charge is -2.21. The van der Waals surface area contributed by atoms with Gasteiger partial charge in [0, 0.05) is 31.7 Å². The average Bonchev–Trinajstić information content (AvgIpc) is 3.19. The Morgan fingerprint density at radius 2 is 1.77 bits per heavy atom. The zero-order valence-corrected chi connectivity index (χ0v) is 19.3. The Hall–Kier alpha value is -2.56. The number of amides is 1. The number of nitrogens with zero attached hydrogens (tertiary/aromatic N) is 4. The fourth-order valence-electron chi connectivity index (χ4n) is 3.75. The third-order valence-electron chi connectivity index (χ3n) is 5.32. The summed E-state index contributed by atoms with van der Waals surface area (Å²) >= 11 is 1.37. The Balaban J connectivity index is 1.52. The van der Waals surface area contributed by atoms with Crippen molar-refractivity contribution in [3.05, 3.63) is 52.4 Å². The maximum atomic E-state index is 13.2. The number of thiazole rings is 1. The molecule has 3 heterocycles. The van der Waals surface area contributed by atoms with Gasteiger partial charge >= 0.3 is 0 Å². The van der Waals surface area contributed by atoms with Crippen LogP contribution in [0.3, 0.4) is 0 Å². The first-order valence-corrected chi connectivity index (χ1v) is 12.3. The molecule has 31 heavy (non-hydrogen) atoms. The van der Waals surface area contributed by atoms with E-state index >= 15 is 0 Å². The van der Waals surface area contributed by atoms with Gasteiger partial charge in [0.2, 0.25) is 10.0 Å². The van der Waals surface area contributed by atoms with E-state index in [9.17, 15) is 13.2 Å². The van der Waals surface area contributed by atoms with Crippen LogP contribution in [0.25, 0.3) is 10.6 Å². The predicted molar refractivity (Wildman–Crippen MR) is 118 cm³/mol. The third kappa shape index (κ3) is 4.15. The highest BCUT2D eigenvalue weighted by molar-refractivity contribution is 7.89. The second-order valence-electron chi connectivity index (χ2n) is 7.50. The van der Waals surface area contributed by atoms with E-state index in [4.69, 9.17) is 4.52 Å². The topological polar surface area (TPSA) is 96.6 Å². The lowest BCUT2D eigenvalue weighted by molar-refractivity contribution is 0.0768. The molecule has 10 heteroatoms. The van der Waals surface area contributed by atoms with Gasteiger partial charge in [0.1, 0.15) is 20.5 Å². The second kappa shape index (κ2) is 8.52. The molecule has 0 radical (unpaired) electrons. The van der Waals surface area contributed by atoms with E-state index in [1.807, 2.05) is 37.3 Å². The number of sulfonamides is 1. The zero-order chi connectivity index (χ0) is 22.2. The van der Waals surface area contributed by atoms with Crippen LogP contribution in [-0.2, 0) is 10.0 Å². The molecule has 1 amide bonds. The van der Waals surface area contributed by atoms with E-state index in [2.05, 4.69) is 10.1 Å². The fraction of sp³-hybridized carbons (Fsp3) is 0.381. The molecule has 0 spiro atoms. The first-order valence-electron chi connectivity index (χ1n) is 10.0. The molecule has 1 aliphatic heterocycles. The van der Waals surface area contributed by atoms with Crippen molar-refractivity contribution in [2.75, 3.05) is 26.2 Å². The van der Waals surface area contributed by atoms with Crippen molar-refractivity contribution in [1.29, 1.82) is 0 Å². The summed E-state index contributed by atoms with van der Waals surface area (Å²) in [6.07, 6.45) is 0.553. The second-order valence-corrected chi connectivity index (χ2v) is 10.4. The van der Waals surface area contributed by atoms with Crippen LogP contribution in [-0.4, -0.2) is 59.8 Å². The van der Waals surface area contributed by atoms with E-state index < -0.39 is 10.0 Å². The van der Waals surface area contributed by atoms with Crippen LogP contribution in [0.1, 0.15) is 33.2 Å². The van der Waals surface area contributed by atoms with Gasteiger partial charge in [-0.25, -0.2) is 13.4 Å². The van der Waals surface area contributed by atoms with E-state index in [1.165, 1.54) is 15.6 Å². The molecule has 0 atom stereocenters. The van der Waals surface area contributed by atoms with Crippen molar-refractivity contribution in [2.45, 2.75) is 32.1 Å². The van der Waals surface area contributed by atoms with E-state index in [0.717, 1.165) is 10.6 Å². The summed E-state index contributed by atoms with van der Waals surface area (Å²) in [4.78, 5) is 20.2. The summed E-state index contributed by atoms with van der Waals surface area (Å²) in [5, 5.41) is 4.57. The lowest BCUT2D eigenvalue weighted by atomic mass is 10.2. The molecular weight excluding hydrogens is 436 g/mol. The van der Waals surface area contributed by atoms with Crippen molar-refractivity contribution < 1.29 is 17.7 Å². The first kappa shape index (κ1) is 21.7.